The molecule has 1 N–H and O–H groups in total. The van der Waals surface area contributed by atoms with Crippen LogP contribution in [0.25, 0.3) is 0 Å². The third-order valence-corrected chi connectivity index (χ3v) is 33.9. The molecule has 640 valence electrons. The number of esters is 3. The Morgan fingerprint density at radius 2 is 0.532 bits per heavy atom. The second kappa shape index (κ2) is 41.6. The SMILES string of the molecule is CCC1(OC(=O)COc2c(C)cc([S+](c3ccccc3)c3ccccc3)cc2C)CCCC1.Cc1cc([S+](c2ccccc2)c2ccccc2)cc(C)c1O.Cc1cc([S+](c2ccccc2)c2ccccc2)cc(C)c1OCC(=O)OC1(C)C2CC3CC(C2)CC1C3.Cc1cc([S+](c2ccccc2)c2ccccc2)cc(C)c1OCC(=O)OC1(C)CCCC1. The Bertz CT molecular complexity index is 5250. The minimum Gasteiger partial charge on any atom is -0.507 e. The highest BCUT2D eigenvalue weighted by Gasteiger charge is 2.57. The fourth-order valence-corrected chi connectivity index (χ4v) is 28.2. The summed E-state index contributed by atoms with van der Waals surface area (Å²) in [6, 6.07) is 102. The van der Waals surface area contributed by atoms with E-state index in [0.29, 0.717) is 17.6 Å². The lowest BCUT2D eigenvalue weighted by molar-refractivity contribution is -0.204. The quantitative estimate of drug-likeness (QED) is 0.0336. The topological polar surface area (TPSA) is 127 Å². The van der Waals surface area contributed by atoms with Crippen molar-refractivity contribution in [1.29, 1.82) is 0 Å². The number of hydrogen-bond acceptors (Lipinski definition) is 10. The van der Waals surface area contributed by atoms with Crippen molar-refractivity contribution in [2.24, 2.45) is 23.7 Å². The lowest BCUT2D eigenvalue weighted by atomic mass is 9.50. The number of phenolic OH excluding ortho intramolecular Hbond substituents is 1. The van der Waals surface area contributed by atoms with Crippen LogP contribution >= 0.6 is 0 Å². The van der Waals surface area contributed by atoms with Gasteiger partial charge in [0, 0.05) is 48.5 Å². The molecular weight excluding hydrogens is 1610 g/mol. The van der Waals surface area contributed by atoms with Crippen LogP contribution in [0.4, 0.5) is 0 Å². The summed E-state index contributed by atoms with van der Waals surface area (Å²) in [7, 11) is -0.797. The van der Waals surface area contributed by atoms with Crippen LogP contribution in [-0.4, -0.2) is 59.6 Å². The Morgan fingerprint density at radius 1 is 0.306 bits per heavy atom. The number of carbonyl (C=O) groups is 3. The number of benzene rings is 12. The minimum atomic E-state index is -0.325. The summed E-state index contributed by atoms with van der Waals surface area (Å²) in [5, 5.41) is 10.1. The van der Waals surface area contributed by atoms with Gasteiger partial charge in [0.05, 0.1) is 43.6 Å². The zero-order valence-electron chi connectivity index (χ0n) is 73.8. The molecule has 0 spiro atoms. The van der Waals surface area contributed by atoms with Crippen LogP contribution in [0.5, 0.6) is 23.0 Å². The third kappa shape index (κ3) is 22.1. The molecule has 124 heavy (non-hydrogen) atoms. The smallest absolute Gasteiger partial charge is 0.344 e. The Balaban J connectivity index is 0.000000136. The summed E-state index contributed by atoms with van der Waals surface area (Å²) in [6.45, 7) is 22.5. The van der Waals surface area contributed by atoms with E-state index in [2.05, 4.69) is 321 Å². The summed E-state index contributed by atoms with van der Waals surface area (Å²) in [5.74, 6) is 4.69. The van der Waals surface area contributed by atoms with Crippen molar-refractivity contribution < 1.29 is 47.9 Å². The van der Waals surface area contributed by atoms with E-state index in [-0.39, 0.29) is 98.1 Å². The van der Waals surface area contributed by atoms with Gasteiger partial charge in [-0.2, -0.15) is 0 Å². The van der Waals surface area contributed by atoms with Gasteiger partial charge in [0.2, 0.25) is 0 Å². The molecule has 10 nitrogen and oxygen atoms in total. The molecule has 6 aliphatic rings. The molecule has 0 amide bonds. The van der Waals surface area contributed by atoms with E-state index in [1.165, 1.54) is 90.8 Å². The van der Waals surface area contributed by atoms with E-state index >= 15 is 0 Å². The number of phenols is 1. The fraction of sp³-hybridized carbons (Fsp3) is 0.318. The fourth-order valence-electron chi connectivity index (χ4n) is 19.2. The second-order valence-electron chi connectivity index (χ2n) is 34.5. The van der Waals surface area contributed by atoms with Gasteiger partial charge >= 0.3 is 17.9 Å². The number of hydrogen-bond donors (Lipinski definition) is 1. The van der Waals surface area contributed by atoms with Crippen LogP contribution in [0.2, 0.25) is 0 Å². The molecule has 4 bridgehead atoms. The van der Waals surface area contributed by atoms with Gasteiger partial charge in [-0.15, -0.1) is 0 Å². The maximum atomic E-state index is 13.0. The Hall–Kier alpha value is -10.4. The standard InChI is InChI=1S/C33H37O3S.C29H33O3S.C28H31O3S.C20H18OS/c1-22-14-30(37(28-10-6-4-7-11-28)29-12-8-5-9-13-29)15-23(2)32(22)35-21-31(34)36-33(3)26-17-24-16-25(19-26)20-27(33)18-24;1-4-29(17-11-12-18-29)32-27(30)21-31-28-22(2)19-26(20-23(28)3)33(24-13-7-5-8-14-24)25-15-9-6-10-16-25;1-21-18-25(32(23-12-6-4-7-13-23)24-14-8-5-9-15-24)19-22(2)27(21)30-20-26(29)31-28(3)16-10-11-17-28;1-15-13-19(14-16(2)20(15)21)22(17-9-5-3-6-10-17)18-11-7-4-8-12-18/h4-15,24-27H,16-21H2,1-3H3;5-10,13-16,19-20H,4,11-12,17-18,21H2,1-3H3;4-9,12-15,18-19H,10-11,16-17,20H2,1-3H3;3-14H,1-2H3/q3*+1;/p+1. The van der Waals surface area contributed by atoms with Gasteiger partial charge in [-0.05, 0) is 324 Å². The predicted molar refractivity (Wildman–Crippen MR) is 504 cm³/mol. The van der Waals surface area contributed by atoms with Crippen LogP contribution in [0, 0.1) is 79.1 Å². The monoisotopic (exact) mass is 1730 g/mol. The van der Waals surface area contributed by atoms with E-state index in [1.807, 2.05) is 46.8 Å². The average Bonchev–Trinajstić information content (AvgIpc) is 0.750. The van der Waals surface area contributed by atoms with Gasteiger partial charge < -0.3 is 33.5 Å². The lowest BCUT2D eigenvalue weighted by Crippen LogP contribution is -2.58. The maximum absolute atomic E-state index is 13.0. The Morgan fingerprint density at radius 3 is 0.782 bits per heavy atom. The lowest BCUT2D eigenvalue weighted by Gasteiger charge is -2.59. The molecule has 0 heterocycles. The highest BCUT2D eigenvalue weighted by atomic mass is 32.2. The van der Waals surface area contributed by atoms with Crippen molar-refractivity contribution in [2.45, 2.75) is 242 Å². The molecule has 14 heteroatoms. The predicted octanol–water partition coefficient (Wildman–Crippen LogP) is 26.3. The normalized spacial score (nSPS) is 18.1. The first-order valence-corrected chi connectivity index (χ1v) is 49.0. The number of aromatic hydroxyl groups is 1. The van der Waals surface area contributed by atoms with Gasteiger partial charge in [-0.1, -0.05) is 153 Å². The van der Waals surface area contributed by atoms with Crippen molar-refractivity contribution in [1.82, 2.24) is 0 Å². The molecule has 0 aliphatic heterocycles. The van der Waals surface area contributed by atoms with Gasteiger partial charge in [0.25, 0.3) is 0 Å². The van der Waals surface area contributed by atoms with Crippen molar-refractivity contribution in [2.75, 3.05) is 19.8 Å². The molecule has 0 unspecified atom stereocenters. The molecule has 18 rings (SSSR count). The highest BCUT2D eigenvalue weighted by molar-refractivity contribution is 7.98. The number of carbonyl (C=O) groups excluding carboxylic acids is 3. The van der Waals surface area contributed by atoms with Gasteiger partial charge in [-0.3, -0.25) is 0 Å². The van der Waals surface area contributed by atoms with Crippen LogP contribution in [0.15, 0.2) is 350 Å². The highest BCUT2D eigenvalue weighted by Crippen LogP contribution is 2.60. The number of ether oxygens (including phenoxy) is 6. The Kier molecular flexibility index (Phi) is 30.2. The summed E-state index contributed by atoms with van der Waals surface area (Å²) in [5.41, 5.74) is 7.17. The largest absolute Gasteiger partial charge is 0.507 e. The van der Waals surface area contributed by atoms with Crippen LogP contribution in [0.3, 0.4) is 0 Å². The molecule has 6 aliphatic carbocycles. The average molecular weight is 1730 g/mol. The van der Waals surface area contributed by atoms with Gasteiger partial charge in [0.1, 0.15) is 39.8 Å². The first-order chi connectivity index (χ1) is 60.0. The van der Waals surface area contributed by atoms with E-state index in [9.17, 15) is 19.5 Å². The molecule has 0 aromatic heterocycles. The zero-order chi connectivity index (χ0) is 86.9. The zero-order valence-corrected chi connectivity index (χ0v) is 77.1. The van der Waals surface area contributed by atoms with Crippen LogP contribution in [-0.2, 0) is 72.2 Å². The summed E-state index contributed by atoms with van der Waals surface area (Å²) in [4.78, 5) is 53.2. The first kappa shape index (κ1) is 89.9. The second-order valence-corrected chi connectivity index (χ2v) is 42.6. The van der Waals surface area contributed by atoms with Gasteiger partial charge in [0.15, 0.2) is 78.6 Å². The first-order valence-electron chi connectivity index (χ1n) is 44.1. The van der Waals surface area contributed by atoms with Crippen molar-refractivity contribution in [3.8, 4) is 23.0 Å². The van der Waals surface area contributed by atoms with Crippen molar-refractivity contribution in [3.63, 3.8) is 0 Å². The van der Waals surface area contributed by atoms with Crippen LogP contribution in [0.1, 0.15) is 155 Å². The number of aryl methyl sites for hydroxylation is 8. The molecule has 6 fully saturated rings. The Labute approximate surface area is 747 Å². The summed E-state index contributed by atoms with van der Waals surface area (Å²) in [6.07, 6.45) is 15.5. The van der Waals surface area contributed by atoms with Crippen molar-refractivity contribution in [3.05, 3.63) is 336 Å². The van der Waals surface area contributed by atoms with Crippen LogP contribution < -0.4 is 14.2 Å². The molecule has 12 aromatic rings. The molecule has 6 saturated carbocycles. The number of rotatable bonds is 25. The maximum Gasteiger partial charge on any atom is 0.344 e. The molecule has 0 radical (unpaired) electrons. The minimum absolute atomic E-state index is 0.0357. The molecule has 0 saturated heterocycles. The van der Waals surface area contributed by atoms with E-state index < -0.39 is 0 Å². The third-order valence-electron chi connectivity index (χ3n) is 25.1. The van der Waals surface area contributed by atoms with E-state index in [1.54, 1.807) is 0 Å². The summed E-state index contributed by atoms with van der Waals surface area (Å²) < 4.78 is 35.9. The van der Waals surface area contributed by atoms with Crippen molar-refractivity contribution >= 4 is 61.5 Å². The molecule has 0 atom stereocenters. The van der Waals surface area contributed by atoms with E-state index in [4.69, 9.17) is 28.4 Å². The summed E-state index contributed by atoms with van der Waals surface area (Å²) >= 11 is 0. The molecular formula is C110H120O10S4+4. The van der Waals surface area contributed by atoms with Gasteiger partial charge in [-0.25, -0.2) is 14.4 Å². The van der Waals surface area contributed by atoms with E-state index in [0.717, 1.165) is 131 Å². The molecule has 12 aromatic carbocycles.